The molecule has 0 spiro atoms. The topological polar surface area (TPSA) is 92.3 Å². The SMILES string of the molecule is CCCCCCCC(=O)O[C@@H]1[C@H](NC(C)=O)[C@H](OCc2ccccc2)O[C@@H]2CO[C@@H](c3ccccc3)O[C@@H]12. The first-order valence-electron chi connectivity index (χ1n) is 13.6. The number of rotatable bonds is 12. The van der Waals surface area contributed by atoms with Crippen molar-refractivity contribution in [2.24, 2.45) is 0 Å². The molecule has 0 radical (unpaired) electrons. The lowest BCUT2D eigenvalue weighted by Gasteiger charge is -2.48. The van der Waals surface area contributed by atoms with E-state index >= 15 is 0 Å². The van der Waals surface area contributed by atoms with Crippen LogP contribution in [0.1, 0.15) is 69.8 Å². The van der Waals surface area contributed by atoms with Crippen molar-refractivity contribution in [1.82, 2.24) is 5.32 Å². The van der Waals surface area contributed by atoms with Crippen LogP contribution in [0.4, 0.5) is 0 Å². The largest absolute Gasteiger partial charge is 0.457 e. The fraction of sp³-hybridized carbons (Fsp3) is 0.533. The van der Waals surface area contributed by atoms with E-state index in [9.17, 15) is 9.59 Å². The van der Waals surface area contributed by atoms with Gasteiger partial charge in [0, 0.05) is 18.9 Å². The average Bonchev–Trinajstić information content (AvgIpc) is 2.93. The molecule has 2 aromatic carbocycles. The van der Waals surface area contributed by atoms with E-state index in [0.717, 1.165) is 43.2 Å². The van der Waals surface area contributed by atoms with Gasteiger partial charge in [-0.2, -0.15) is 0 Å². The Morgan fingerprint density at radius 3 is 2.37 bits per heavy atom. The molecule has 6 atom stereocenters. The Labute approximate surface area is 224 Å². The van der Waals surface area contributed by atoms with E-state index < -0.39 is 36.9 Å². The first kappa shape index (κ1) is 28.2. The minimum Gasteiger partial charge on any atom is -0.457 e. The highest BCUT2D eigenvalue weighted by Crippen LogP contribution is 2.36. The molecular weight excluding hydrogens is 486 g/mol. The quantitative estimate of drug-likeness (QED) is 0.314. The van der Waals surface area contributed by atoms with Crippen LogP contribution in [0.2, 0.25) is 0 Å². The Bertz CT molecular complexity index is 1000. The van der Waals surface area contributed by atoms with Gasteiger partial charge in [-0.25, -0.2) is 0 Å². The summed E-state index contributed by atoms with van der Waals surface area (Å²) in [5.74, 6) is -0.603. The van der Waals surface area contributed by atoms with Crippen molar-refractivity contribution >= 4 is 11.9 Å². The number of carbonyl (C=O) groups excluding carboxylic acids is 2. The van der Waals surface area contributed by atoms with Crippen molar-refractivity contribution in [3.63, 3.8) is 0 Å². The Morgan fingerprint density at radius 2 is 1.66 bits per heavy atom. The van der Waals surface area contributed by atoms with Gasteiger partial charge in [0.25, 0.3) is 0 Å². The lowest BCUT2D eigenvalue weighted by atomic mass is 9.95. The highest BCUT2D eigenvalue weighted by molar-refractivity contribution is 5.73. The van der Waals surface area contributed by atoms with Gasteiger partial charge in [0.1, 0.15) is 18.2 Å². The van der Waals surface area contributed by atoms with Gasteiger partial charge >= 0.3 is 5.97 Å². The summed E-state index contributed by atoms with van der Waals surface area (Å²) in [6, 6.07) is 18.5. The maximum absolute atomic E-state index is 13.0. The minimum atomic E-state index is -0.858. The second-order valence-electron chi connectivity index (χ2n) is 9.86. The van der Waals surface area contributed by atoms with Crippen LogP contribution in [0.5, 0.6) is 0 Å². The first-order valence-corrected chi connectivity index (χ1v) is 13.6. The van der Waals surface area contributed by atoms with Crippen molar-refractivity contribution in [3.05, 3.63) is 71.8 Å². The predicted octanol–water partition coefficient (Wildman–Crippen LogP) is 4.82. The zero-order chi connectivity index (χ0) is 26.7. The van der Waals surface area contributed by atoms with Crippen LogP contribution in [0.3, 0.4) is 0 Å². The van der Waals surface area contributed by atoms with Gasteiger partial charge in [-0.1, -0.05) is 93.3 Å². The third-order valence-corrected chi connectivity index (χ3v) is 6.79. The van der Waals surface area contributed by atoms with Crippen molar-refractivity contribution < 1.29 is 33.3 Å². The maximum Gasteiger partial charge on any atom is 0.306 e. The van der Waals surface area contributed by atoms with Gasteiger partial charge in [0.15, 0.2) is 18.7 Å². The second-order valence-corrected chi connectivity index (χ2v) is 9.86. The van der Waals surface area contributed by atoms with Crippen molar-refractivity contribution in [2.75, 3.05) is 6.61 Å². The monoisotopic (exact) mass is 525 g/mol. The lowest BCUT2D eigenvalue weighted by Crippen LogP contribution is -2.67. The van der Waals surface area contributed by atoms with E-state index in [1.807, 2.05) is 60.7 Å². The highest BCUT2D eigenvalue weighted by atomic mass is 16.8. The van der Waals surface area contributed by atoms with Gasteiger partial charge in [-0.15, -0.1) is 0 Å². The number of hydrogen-bond acceptors (Lipinski definition) is 7. The first-order chi connectivity index (χ1) is 18.5. The lowest BCUT2D eigenvalue weighted by molar-refractivity contribution is -0.346. The number of amides is 1. The molecule has 0 aromatic heterocycles. The summed E-state index contributed by atoms with van der Waals surface area (Å²) in [5, 5.41) is 2.91. The predicted molar refractivity (Wildman–Crippen MR) is 141 cm³/mol. The zero-order valence-corrected chi connectivity index (χ0v) is 22.3. The standard InChI is InChI=1S/C30H39NO7/c1-3-4-5-6-13-18-25(33)37-28-26(31-21(2)32)30(34-19-22-14-9-7-10-15-22)36-24-20-35-29(38-27(24)28)23-16-11-8-12-17-23/h7-12,14-17,24,26-30H,3-6,13,18-20H2,1-2H3,(H,31,32)/t24-,26+,27-,28-,29-,30-/m1/s1. The Balaban J connectivity index is 1.52. The fourth-order valence-corrected chi connectivity index (χ4v) is 4.86. The van der Waals surface area contributed by atoms with E-state index in [0.29, 0.717) is 6.42 Å². The van der Waals surface area contributed by atoms with Gasteiger partial charge in [-0.3, -0.25) is 9.59 Å². The summed E-state index contributed by atoms with van der Waals surface area (Å²) in [5.41, 5.74) is 1.81. The van der Waals surface area contributed by atoms with Crippen LogP contribution in [0.25, 0.3) is 0 Å². The van der Waals surface area contributed by atoms with Gasteiger partial charge in [0.05, 0.1) is 13.2 Å². The molecule has 2 aliphatic rings. The number of benzene rings is 2. The average molecular weight is 526 g/mol. The third-order valence-electron chi connectivity index (χ3n) is 6.79. The molecule has 0 saturated carbocycles. The van der Waals surface area contributed by atoms with Crippen LogP contribution in [-0.4, -0.2) is 49.1 Å². The smallest absolute Gasteiger partial charge is 0.306 e. The van der Waals surface area contributed by atoms with Crippen LogP contribution in [0.15, 0.2) is 60.7 Å². The van der Waals surface area contributed by atoms with Crippen LogP contribution in [0, 0.1) is 0 Å². The summed E-state index contributed by atoms with van der Waals surface area (Å²) in [6.45, 7) is 4.08. The van der Waals surface area contributed by atoms with Crippen molar-refractivity contribution in [2.45, 2.75) is 95.9 Å². The number of carbonyl (C=O) groups is 2. The van der Waals surface area contributed by atoms with Crippen molar-refractivity contribution in [1.29, 1.82) is 0 Å². The Hall–Kier alpha value is -2.78. The molecule has 4 rings (SSSR count). The van der Waals surface area contributed by atoms with Gasteiger partial charge in [-0.05, 0) is 12.0 Å². The summed E-state index contributed by atoms with van der Waals surface area (Å²) < 4.78 is 30.8. The zero-order valence-electron chi connectivity index (χ0n) is 22.3. The number of fused-ring (bicyclic) bond motifs is 1. The molecule has 2 aromatic rings. The van der Waals surface area contributed by atoms with Crippen molar-refractivity contribution in [3.8, 4) is 0 Å². The Morgan fingerprint density at radius 1 is 0.947 bits per heavy atom. The molecule has 206 valence electrons. The normalized spacial score (nSPS) is 26.8. The number of hydrogen-bond donors (Lipinski definition) is 1. The van der Waals surface area contributed by atoms with Crippen LogP contribution < -0.4 is 5.32 Å². The van der Waals surface area contributed by atoms with E-state index in [2.05, 4.69) is 12.2 Å². The van der Waals surface area contributed by atoms with Crippen LogP contribution in [-0.2, 0) is 39.9 Å². The van der Waals surface area contributed by atoms with Gasteiger partial charge in [0.2, 0.25) is 5.91 Å². The molecule has 2 aliphatic heterocycles. The molecule has 8 nitrogen and oxygen atoms in total. The van der Waals surface area contributed by atoms with Crippen LogP contribution >= 0.6 is 0 Å². The molecule has 0 unspecified atom stereocenters. The molecule has 2 saturated heterocycles. The number of esters is 1. The van der Waals surface area contributed by atoms with E-state index in [4.69, 9.17) is 23.7 Å². The summed E-state index contributed by atoms with van der Waals surface area (Å²) in [6.07, 6.45) is 1.92. The fourth-order valence-electron chi connectivity index (χ4n) is 4.86. The number of unbranched alkanes of at least 4 members (excludes halogenated alkanes) is 4. The maximum atomic E-state index is 13.0. The van der Waals surface area contributed by atoms with E-state index in [-0.39, 0.29) is 25.1 Å². The summed E-state index contributed by atoms with van der Waals surface area (Å²) in [4.78, 5) is 25.2. The van der Waals surface area contributed by atoms with E-state index in [1.165, 1.54) is 6.92 Å². The summed E-state index contributed by atoms with van der Waals surface area (Å²) >= 11 is 0. The number of ether oxygens (including phenoxy) is 5. The molecule has 38 heavy (non-hydrogen) atoms. The molecule has 1 N–H and O–H groups in total. The number of nitrogens with one attached hydrogen (secondary N) is 1. The van der Waals surface area contributed by atoms with E-state index in [1.54, 1.807) is 0 Å². The minimum absolute atomic E-state index is 0.229. The Kier molecular flexibility index (Phi) is 10.7. The molecule has 0 aliphatic carbocycles. The molecule has 2 fully saturated rings. The highest BCUT2D eigenvalue weighted by Gasteiger charge is 2.52. The van der Waals surface area contributed by atoms with Gasteiger partial charge < -0.3 is 29.0 Å². The molecule has 1 amide bonds. The molecule has 8 heteroatoms. The molecular formula is C30H39NO7. The summed E-state index contributed by atoms with van der Waals surface area (Å²) in [7, 11) is 0. The molecule has 2 heterocycles. The second kappa shape index (κ2) is 14.4. The molecule has 0 bridgehead atoms. The third kappa shape index (κ3) is 7.86.